The van der Waals surface area contributed by atoms with Gasteiger partial charge in [0.25, 0.3) is 0 Å². The lowest BCUT2D eigenvalue weighted by atomic mass is 10.1. The highest BCUT2D eigenvalue weighted by molar-refractivity contribution is 5.82. The van der Waals surface area contributed by atoms with Gasteiger partial charge in [-0.2, -0.15) is 0 Å². The zero-order valence-electron chi connectivity index (χ0n) is 10.5. The highest BCUT2D eigenvalue weighted by Gasteiger charge is 2.25. The number of benzene rings is 1. The fraction of sp³-hybridized carbons (Fsp3) is 0.500. The van der Waals surface area contributed by atoms with Crippen molar-refractivity contribution >= 4 is 5.91 Å². The first kappa shape index (κ1) is 13.1. The lowest BCUT2D eigenvalue weighted by molar-refractivity contribution is -0.133. The first-order valence-electron chi connectivity index (χ1n) is 6.48. The van der Waals surface area contributed by atoms with Crippen molar-refractivity contribution in [3.05, 3.63) is 35.9 Å². The lowest BCUT2D eigenvalue weighted by Gasteiger charge is -2.23. The SMILES string of the molecule is O=C1C(CO)NCCCN1CCc1ccccc1. The Morgan fingerprint density at radius 3 is 2.83 bits per heavy atom. The Labute approximate surface area is 108 Å². The summed E-state index contributed by atoms with van der Waals surface area (Å²) in [6.07, 6.45) is 1.81. The predicted octanol–water partition coefficient (Wildman–Crippen LogP) is 0.412. The molecule has 1 aromatic rings. The summed E-state index contributed by atoms with van der Waals surface area (Å²) in [7, 11) is 0. The number of carbonyl (C=O) groups is 1. The van der Waals surface area contributed by atoms with Gasteiger partial charge in [-0.05, 0) is 24.9 Å². The molecule has 0 spiro atoms. The zero-order chi connectivity index (χ0) is 12.8. The number of aliphatic hydroxyl groups is 1. The molecule has 1 aromatic carbocycles. The van der Waals surface area contributed by atoms with E-state index in [2.05, 4.69) is 17.4 Å². The summed E-state index contributed by atoms with van der Waals surface area (Å²) >= 11 is 0. The van der Waals surface area contributed by atoms with Gasteiger partial charge in [-0.1, -0.05) is 30.3 Å². The molecule has 1 aliphatic rings. The van der Waals surface area contributed by atoms with Gasteiger partial charge in [-0.15, -0.1) is 0 Å². The van der Waals surface area contributed by atoms with Crippen molar-refractivity contribution in [1.29, 1.82) is 0 Å². The number of hydrogen-bond donors (Lipinski definition) is 2. The van der Waals surface area contributed by atoms with Crippen LogP contribution >= 0.6 is 0 Å². The fourth-order valence-electron chi connectivity index (χ4n) is 2.24. The summed E-state index contributed by atoms with van der Waals surface area (Å²) in [5, 5.41) is 12.2. The van der Waals surface area contributed by atoms with Crippen LogP contribution in [-0.4, -0.2) is 48.2 Å². The minimum Gasteiger partial charge on any atom is -0.394 e. The van der Waals surface area contributed by atoms with Crippen LogP contribution in [0.5, 0.6) is 0 Å². The van der Waals surface area contributed by atoms with Gasteiger partial charge >= 0.3 is 0 Å². The van der Waals surface area contributed by atoms with Gasteiger partial charge in [0.15, 0.2) is 0 Å². The predicted molar refractivity (Wildman–Crippen MR) is 70.2 cm³/mol. The smallest absolute Gasteiger partial charge is 0.242 e. The van der Waals surface area contributed by atoms with Crippen LogP contribution in [0.1, 0.15) is 12.0 Å². The number of carbonyl (C=O) groups excluding carboxylic acids is 1. The minimum absolute atomic E-state index is 0.0194. The van der Waals surface area contributed by atoms with Crippen molar-refractivity contribution in [1.82, 2.24) is 10.2 Å². The van der Waals surface area contributed by atoms with Crippen LogP contribution in [0.4, 0.5) is 0 Å². The van der Waals surface area contributed by atoms with Gasteiger partial charge in [-0.3, -0.25) is 4.79 Å². The standard InChI is InChI=1S/C14H20N2O2/c17-11-13-14(18)16(9-4-8-15-13)10-7-12-5-2-1-3-6-12/h1-3,5-6,13,15,17H,4,7-11H2. The Morgan fingerprint density at radius 2 is 2.11 bits per heavy atom. The molecule has 0 bridgehead atoms. The highest BCUT2D eigenvalue weighted by Crippen LogP contribution is 2.06. The molecular weight excluding hydrogens is 228 g/mol. The Hall–Kier alpha value is -1.39. The number of hydrogen-bond acceptors (Lipinski definition) is 3. The quantitative estimate of drug-likeness (QED) is 0.811. The van der Waals surface area contributed by atoms with Crippen molar-refractivity contribution in [2.45, 2.75) is 18.9 Å². The number of nitrogens with one attached hydrogen (secondary N) is 1. The molecule has 1 heterocycles. The van der Waals surface area contributed by atoms with Gasteiger partial charge < -0.3 is 15.3 Å². The monoisotopic (exact) mass is 248 g/mol. The fourth-order valence-corrected chi connectivity index (χ4v) is 2.24. The van der Waals surface area contributed by atoms with Crippen LogP contribution in [-0.2, 0) is 11.2 Å². The van der Waals surface area contributed by atoms with E-state index in [0.29, 0.717) is 0 Å². The van der Waals surface area contributed by atoms with E-state index in [1.54, 1.807) is 0 Å². The summed E-state index contributed by atoms with van der Waals surface area (Å²) in [4.78, 5) is 14.0. The van der Waals surface area contributed by atoms with Crippen LogP contribution in [0.25, 0.3) is 0 Å². The Morgan fingerprint density at radius 1 is 1.33 bits per heavy atom. The number of aliphatic hydroxyl groups excluding tert-OH is 1. The molecule has 1 saturated heterocycles. The van der Waals surface area contributed by atoms with Crippen molar-refractivity contribution < 1.29 is 9.90 Å². The molecule has 1 atom stereocenters. The second-order valence-corrected chi connectivity index (χ2v) is 4.60. The molecule has 0 aromatic heterocycles. The van der Waals surface area contributed by atoms with E-state index >= 15 is 0 Å². The molecule has 1 unspecified atom stereocenters. The molecule has 0 saturated carbocycles. The summed E-state index contributed by atoms with van der Waals surface area (Å²) in [6, 6.07) is 9.73. The minimum atomic E-state index is -0.428. The molecule has 2 N–H and O–H groups in total. The second-order valence-electron chi connectivity index (χ2n) is 4.60. The Balaban J connectivity index is 1.93. The highest BCUT2D eigenvalue weighted by atomic mass is 16.3. The normalized spacial score (nSPS) is 20.8. The van der Waals surface area contributed by atoms with Gasteiger partial charge in [-0.25, -0.2) is 0 Å². The van der Waals surface area contributed by atoms with E-state index in [4.69, 9.17) is 0 Å². The molecule has 98 valence electrons. The van der Waals surface area contributed by atoms with Crippen LogP contribution in [0.2, 0.25) is 0 Å². The van der Waals surface area contributed by atoms with E-state index < -0.39 is 6.04 Å². The first-order valence-corrected chi connectivity index (χ1v) is 6.48. The average molecular weight is 248 g/mol. The summed E-state index contributed by atoms with van der Waals surface area (Å²) < 4.78 is 0. The molecule has 4 heteroatoms. The van der Waals surface area contributed by atoms with E-state index in [1.165, 1.54) is 5.56 Å². The topological polar surface area (TPSA) is 52.6 Å². The maximum Gasteiger partial charge on any atom is 0.242 e. The van der Waals surface area contributed by atoms with Gasteiger partial charge in [0.1, 0.15) is 6.04 Å². The van der Waals surface area contributed by atoms with Crippen molar-refractivity contribution in [2.24, 2.45) is 0 Å². The van der Waals surface area contributed by atoms with E-state index in [0.717, 1.165) is 32.5 Å². The molecule has 18 heavy (non-hydrogen) atoms. The third-order valence-corrected chi connectivity index (χ3v) is 3.30. The first-order chi connectivity index (χ1) is 8.81. The van der Waals surface area contributed by atoms with Gasteiger partial charge in [0.05, 0.1) is 6.61 Å². The third-order valence-electron chi connectivity index (χ3n) is 3.30. The Bertz CT molecular complexity index is 381. The summed E-state index contributed by atoms with van der Waals surface area (Å²) in [6.45, 7) is 2.16. The van der Waals surface area contributed by atoms with Crippen molar-refractivity contribution in [3.63, 3.8) is 0 Å². The zero-order valence-corrected chi connectivity index (χ0v) is 10.5. The molecular formula is C14H20N2O2. The largest absolute Gasteiger partial charge is 0.394 e. The molecule has 0 aliphatic carbocycles. The maximum atomic E-state index is 12.1. The van der Waals surface area contributed by atoms with Gasteiger partial charge in [0.2, 0.25) is 5.91 Å². The second kappa shape index (κ2) is 6.52. The summed E-state index contributed by atoms with van der Waals surface area (Å²) in [5.74, 6) is 0.0194. The summed E-state index contributed by atoms with van der Waals surface area (Å²) in [5.41, 5.74) is 1.24. The molecule has 1 aliphatic heterocycles. The van der Waals surface area contributed by atoms with Crippen LogP contribution in [0, 0.1) is 0 Å². The van der Waals surface area contributed by atoms with E-state index in [-0.39, 0.29) is 12.5 Å². The van der Waals surface area contributed by atoms with Gasteiger partial charge in [0, 0.05) is 13.1 Å². The van der Waals surface area contributed by atoms with Crippen LogP contribution < -0.4 is 5.32 Å². The third kappa shape index (κ3) is 3.31. The average Bonchev–Trinajstić information content (AvgIpc) is 2.59. The molecule has 1 fully saturated rings. The number of amides is 1. The van der Waals surface area contributed by atoms with Crippen molar-refractivity contribution in [2.75, 3.05) is 26.2 Å². The molecule has 2 rings (SSSR count). The van der Waals surface area contributed by atoms with Crippen LogP contribution in [0.3, 0.4) is 0 Å². The number of nitrogens with zero attached hydrogens (tertiary/aromatic N) is 1. The maximum absolute atomic E-state index is 12.1. The van der Waals surface area contributed by atoms with E-state index in [1.807, 2.05) is 23.1 Å². The van der Waals surface area contributed by atoms with Crippen LogP contribution in [0.15, 0.2) is 30.3 Å². The van der Waals surface area contributed by atoms with Crippen molar-refractivity contribution in [3.8, 4) is 0 Å². The molecule has 0 radical (unpaired) electrons. The molecule has 4 nitrogen and oxygen atoms in total. The lowest BCUT2D eigenvalue weighted by Crippen LogP contribution is -2.46. The molecule has 1 amide bonds. The van der Waals surface area contributed by atoms with E-state index in [9.17, 15) is 9.90 Å². The number of rotatable bonds is 4. The Kier molecular flexibility index (Phi) is 4.73.